The molecule has 108 valence electrons. The van der Waals surface area contributed by atoms with Crippen molar-refractivity contribution in [1.82, 2.24) is 5.32 Å². The van der Waals surface area contributed by atoms with E-state index in [-0.39, 0.29) is 24.6 Å². The smallest absolute Gasteiger partial charge is 0.274 e. The Labute approximate surface area is 121 Å². The summed E-state index contributed by atoms with van der Waals surface area (Å²) in [5, 5.41) is 13.6. The van der Waals surface area contributed by atoms with Crippen LogP contribution in [0.5, 0.6) is 0 Å². The minimum atomic E-state index is -0.459. The molecule has 0 aliphatic carbocycles. The summed E-state index contributed by atoms with van der Waals surface area (Å²) in [5.41, 5.74) is 7.52. The number of nitrogens with one attached hydrogen (secondary N) is 1. The monoisotopic (exact) mass is 285 g/mol. The fraction of sp³-hybridized carbons (Fsp3) is 0.133. The van der Waals surface area contributed by atoms with Gasteiger partial charge in [-0.15, -0.1) is 0 Å². The van der Waals surface area contributed by atoms with E-state index in [2.05, 4.69) is 5.32 Å². The van der Waals surface area contributed by atoms with Crippen molar-refractivity contribution in [3.05, 3.63) is 69.8 Å². The number of carbonyl (C=O) groups excluding carboxylic acids is 1. The summed E-state index contributed by atoms with van der Waals surface area (Å²) >= 11 is 0. The first-order chi connectivity index (χ1) is 10.1. The summed E-state index contributed by atoms with van der Waals surface area (Å²) in [4.78, 5) is 22.3. The Bertz CT molecular complexity index is 671. The van der Waals surface area contributed by atoms with E-state index in [4.69, 9.17) is 5.73 Å². The van der Waals surface area contributed by atoms with Crippen LogP contribution in [0.1, 0.15) is 11.1 Å². The van der Waals surface area contributed by atoms with Crippen molar-refractivity contribution in [1.29, 1.82) is 0 Å². The number of carbonyl (C=O) groups is 1. The Morgan fingerprint density at radius 1 is 1.19 bits per heavy atom. The SMILES string of the molecule is Nc1cccc(CC(=O)NCc2ccccc2[N+](=O)[O-])c1. The van der Waals surface area contributed by atoms with E-state index in [1.807, 2.05) is 0 Å². The Morgan fingerprint density at radius 2 is 1.95 bits per heavy atom. The zero-order valence-electron chi connectivity index (χ0n) is 11.3. The molecule has 0 saturated carbocycles. The van der Waals surface area contributed by atoms with Crippen LogP contribution >= 0.6 is 0 Å². The van der Waals surface area contributed by atoms with E-state index in [0.717, 1.165) is 5.56 Å². The zero-order valence-corrected chi connectivity index (χ0v) is 11.3. The van der Waals surface area contributed by atoms with Gasteiger partial charge in [0, 0.05) is 23.9 Å². The lowest BCUT2D eigenvalue weighted by molar-refractivity contribution is -0.385. The van der Waals surface area contributed by atoms with Gasteiger partial charge in [0.2, 0.25) is 5.91 Å². The molecule has 3 N–H and O–H groups in total. The van der Waals surface area contributed by atoms with Crippen molar-refractivity contribution in [3.8, 4) is 0 Å². The molecule has 1 amide bonds. The van der Waals surface area contributed by atoms with Crippen molar-refractivity contribution < 1.29 is 9.72 Å². The first-order valence-electron chi connectivity index (χ1n) is 6.39. The molecule has 0 fully saturated rings. The standard InChI is InChI=1S/C15H15N3O3/c16-13-6-3-4-11(8-13)9-15(19)17-10-12-5-1-2-7-14(12)18(20)21/h1-8H,9-10,16H2,(H,17,19). The molecule has 0 spiro atoms. The quantitative estimate of drug-likeness (QED) is 0.499. The molecule has 6 nitrogen and oxygen atoms in total. The summed E-state index contributed by atoms with van der Waals surface area (Å²) in [6.45, 7) is 0.123. The number of hydrogen-bond acceptors (Lipinski definition) is 4. The molecule has 0 saturated heterocycles. The average molecular weight is 285 g/mol. The van der Waals surface area contributed by atoms with Crippen LogP contribution in [0.2, 0.25) is 0 Å². The van der Waals surface area contributed by atoms with Gasteiger partial charge in [-0.25, -0.2) is 0 Å². The van der Waals surface area contributed by atoms with Crippen molar-refractivity contribution in [3.63, 3.8) is 0 Å². The number of nitro benzene ring substituents is 1. The normalized spacial score (nSPS) is 10.1. The van der Waals surface area contributed by atoms with E-state index < -0.39 is 4.92 Å². The predicted octanol–water partition coefficient (Wildman–Crippen LogP) is 2.04. The van der Waals surface area contributed by atoms with Crippen LogP contribution in [-0.4, -0.2) is 10.8 Å². The van der Waals surface area contributed by atoms with Gasteiger partial charge in [-0.1, -0.05) is 30.3 Å². The Kier molecular flexibility index (Phi) is 4.50. The second-order valence-electron chi connectivity index (χ2n) is 4.58. The minimum absolute atomic E-state index is 0.00163. The van der Waals surface area contributed by atoms with Gasteiger partial charge in [0.15, 0.2) is 0 Å². The maximum Gasteiger partial charge on any atom is 0.274 e. The van der Waals surface area contributed by atoms with Crippen LogP contribution in [0.3, 0.4) is 0 Å². The third-order valence-electron chi connectivity index (χ3n) is 2.98. The molecule has 0 unspecified atom stereocenters. The summed E-state index contributed by atoms with van der Waals surface area (Å²) in [5.74, 6) is -0.209. The Morgan fingerprint density at radius 3 is 2.67 bits per heavy atom. The molecule has 2 aromatic carbocycles. The molecule has 2 rings (SSSR count). The van der Waals surface area contributed by atoms with Crippen LogP contribution in [-0.2, 0) is 17.8 Å². The second kappa shape index (κ2) is 6.51. The third kappa shape index (κ3) is 4.04. The van der Waals surface area contributed by atoms with E-state index in [1.165, 1.54) is 6.07 Å². The second-order valence-corrected chi connectivity index (χ2v) is 4.58. The van der Waals surface area contributed by atoms with Gasteiger partial charge < -0.3 is 11.1 Å². The number of anilines is 1. The lowest BCUT2D eigenvalue weighted by atomic mass is 10.1. The lowest BCUT2D eigenvalue weighted by Gasteiger charge is -2.06. The van der Waals surface area contributed by atoms with Gasteiger partial charge in [0.25, 0.3) is 5.69 Å². The molecule has 21 heavy (non-hydrogen) atoms. The van der Waals surface area contributed by atoms with Crippen molar-refractivity contribution in [2.75, 3.05) is 5.73 Å². The first-order valence-corrected chi connectivity index (χ1v) is 6.39. The van der Waals surface area contributed by atoms with E-state index in [9.17, 15) is 14.9 Å². The van der Waals surface area contributed by atoms with Crippen molar-refractivity contribution in [2.45, 2.75) is 13.0 Å². The third-order valence-corrected chi connectivity index (χ3v) is 2.98. The number of hydrogen-bond donors (Lipinski definition) is 2. The number of nitrogens with two attached hydrogens (primary N) is 1. The van der Waals surface area contributed by atoms with Gasteiger partial charge in [0.1, 0.15) is 0 Å². The van der Waals surface area contributed by atoms with Gasteiger partial charge in [-0.2, -0.15) is 0 Å². The topological polar surface area (TPSA) is 98.3 Å². The molecule has 0 aromatic heterocycles. The average Bonchev–Trinajstić information content (AvgIpc) is 2.45. The molecule has 6 heteroatoms. The van der Waals surface area contributed by atoms with Gasteiger partial charge in [0.05, 0.1) is 11.3 Å². The number of para-hydroxylation sites is 1. The molecule has 0 radical (unpaired) electrons. The first kappa shape index (κ1) is 14.5. The molecule has 0 atom stereocenters. The van der Waals surface area contributed by atoms with E-state index >= 15 is 0 Å². The van der Waals surface area contributed by atoms with Crippen LogP contribution in [0.4, 0.5) is 11.4 Å². The molecular formula is C15H15N3O3. The largest absolute Gasteiger partial charge is 0.399 e. The van der Waals surface area contributed by atoms with E-state index in [0.29, 0.717) is 11.3 Å². The highest BCUT2D eigenvalue weighted by atomic mass is 16.6. The van der Waals surface area contributed by atoms with Gasteiger partial charge in [-0.3, -0.25) is 14.9 Å². The summed E-state index contributed by atoms with van der Waals surface area (Å²) in [7, 11) is 0. The highest BCUT2D eigenvalue weighted by Crippen LogP contribution is 2.17. The highest BCUT2D eigenvalue weighted by Gasteiger charge is 2.13. The summed E-state index contributed by atoms with van der Waals surface area (Å²) in [6.07, 6.45) is 0.186. The fourth-order valence-corrected chi connectivity index (χ4v) is 1.98. The molecule has 0 heterocycles. The predicted molar refractivity (Wildman–Crippen MR) is 79.5 cm³/mol. The maximum absolute atomic E-state index is 11.9. The van der Waals surface area contributed by atoms with Crippen LogP contribution < -0.4 is 11.1 Å². The number of benzene rings is 2. The van der Waals surface area contributed by atoms with Crippen LogP contribution in [0.25, 0.3) is 0 Å². The maximum atomic E-state index is 11.9. The number of rotatable bonds is 5. The Balaban J connectivity index is 1.97. The molecule has 2 aromatic rings. The fourth-order valence-electron chi connectivity index (χ4n) is 1.98. The summed E-state index contributed by atoms with van der Waals surface area (Å²) < 4.78 is 0. The van der Waals surface area contributed by atoms with Crippen LogP contribution in [0.15, 0.2) is 48.5 Å². The van der Waals surface area contributed by atoms with Gasteiger partial charge >= 0.3 is 0 Å². The number of amides is 1. The lowest BCUT2D eigenvalue weighted by Crippen LogP contribution is -2.24. The molecular weight excluding hydrogens is 270 g/mol. The van der Waals surface area contributed by atoms with Crippen LogP contribution in [0, 0.1) is 10.1 Å². The minimum Gasteiger partial charge on any atom is -0.399 e. The molecule has 0 aliphatic heterocycles. The highest BCUT2D eigenvalue weighted by molar-refractivity contribution is 5.78. The Hall–Kier alpha value is -2.89. The van der Waals surface area contributed by atoms with Gasteiger partial charge in [-0.05, 0) is 17.7 Å². The molecule has 0 aliphatic rings. The number of nitrogen functional groups attached to an aromatic ring is 1. The zero-order chi connectivity index (χ0) is 15.2. The molecule has 0 bridgehead atoms. The summed E-state index contributed by atoms with van der Waals surface area (Å²) in [6, 6.07) is 13.4. The number of nitrogens with zero attached hydrogens (tertiary/aromatic N) is 1. The van der Waals surface area contributed by atoms with E-state index in [1.54, 1.807) is 42.5 Å². The number of nitro groups is 1. The van der Waals surface area contributed by atoms with Crippen molar-refractivity contribution >= 4 is 17.3 Å². The van der Waals surface area contributed by atoms with Crippen molar-refractivity contribution in [2.24, 2.45) is 0 Å².